The van der Waals surface area contributed by atoms with Crippen molar-refractivity contribution in [2.24, 2.45) is 7.05 Å². The van der Waals surface area contributed by atoms with Gasteiger partial charge in [-0.15, -0.1) is 0 Å². The van der Waals surface area contributed by atoms with Crippen LogP contribution in [-0.2, 0) is 18.2 Å². The zero-order chi connectivity index (χ0) is 26.9. The van der Waals surface area contributed by atoms with Crippen molar-refractivity contribution in [1.29, 1.82) is 0 Å². The van der Waals surface area contributed by atoms with Crippen LogP contribution in [-0.4, -0.2) is 37.7 Å². The van der Waals surface area contributed by atoms with Gasteiger partial charge in [-0.25, -0.2) is 23.5 Å². The third-order valence-corrected chi connectivity index (χ3v) is 6.11. The molecule has 0 aliphatic heterocycles. The molecule has 0 aliphatic carbocycles. The van der Waals surface area contributed by atoms with Gasteiger partial charge in [-0.3, -0.25) is 4.68 Å². The third kappa shape index (κ3) is 5.99. The minimum atomic E-state index is -0.805. The van der Waals surface area contributed by atoms with E-state index in [1.807, 2.05) is 24.5 Å². The van der Waals surface area contributed by atoms with Gasteiger partial charge >= 0.3 is 6.09 Å². The van der Waals surface area contributed by atoms with Crippen LogP contribution in [0.5, 0.6) is 0 Å². The number of nitrogens with zero attached hydrogens (tertiary/aromatic N) is 4. The highest BCUT2D eigenvalue weighted by atomic mass is 32.2. The predicted molar refractivity (Wildman–Crippen MR) is 140 cm³/mol. The number of halogens is 2. The number of hydrogen-bond donors (Lipinski definition) is 2. The number of aromatic nitrogens is 4. The van der Waals surface area contributed by atoms with E-state index in [1.165, 1.54) is 23.9 Å². The van der Waals surface area contributed by atoms with Crippen LogP contribution in [0.25, 0.3) is 22.0 Å². The number of carbonyl (C=O) groups excluding carboxylic acids is 1. The maximum atomic E-state index is 14.0. The van der Waals surface area contributed by atoms with Gasteiger partial charge < -0.3 is 15.8 Å². The number of nitrogens with one attached hydrogen (secondary N) is 1. The molecule has 0 spiro atoms. The zero-order valence-electron chi connectivity index (χ0n) is 21.2. The Labute approximate surface area is 217 Å². The Kier molecular flexibility index (Phi) is 7.35. The van der Waals surface area contributed by atoms with Crippen molar-refractivity contribution < 1.29 is 18.3 Å². The zero-order valence-corrected chi connectivity index (χ0v) is 22.0. The topological polar surface area (TPSA) is 108 Å². The first kappa shape index (κ1) is 26.3. The fourth-order valence-corrected chi connectivity index (χ4v) is 4.51. The number of nitrogens with two attached hydrogens (primary N) is 1. The Morgan fingerprint density at radius 2 is 1.89 bits per heavy atom. The highest BCUT2D eigenvalue weighted by Gasteiger charge is 2.27. The molecule has 0 radical (unpaired) electrons. The molecule has 0 saturated carbocycles. The number of nitrogen functional groups attached to an aromatic ring is 1. The van der Waals surface area contributed by atoms with Crippen molar-refractivity contribution in [2.45, 2.75) is 44.0 Å². The second-order valence-electron chi connectivity index (χ2n) is 9.55. The minimum absolute atomic E-state index is 0.0509. The van der Waals surface area contributed by atoms with E-state index in [4.69, 9.17) is 15.5 Å². The molecule has 4 rings (SSSR count). The van der Waals surface area contributed by atoms with Crippen molar-refractivity contribution in [1.82, 2.24) is 25.1 Å². The molecule has 2 aromatic heterocycles. The molecule has 11 heteroatoms. The normalized spacial score (nSPS) is 12.5. The number of rotatable bonds is 6. The number of benzene rings is 2. The Morgan fingerprint density at radius 1 is 1.19 bits per heavy atom. The monoisotopic (exact) mass is 526 g/mol. The minimum Gasteiger partial charge on any atom is -0.444 e. The molecule has 1 amide bonds. The largest absolute Gasteiger partial charge is 0.444 e. The number of alkyl carbamates (subject to hydrolysis) is 1. The van der Waals surface area contributed by atoms with Crippen LogP contribution in [0, 0.1) is 11.6 Å². The molecule has 2 aromatic carbocycles. The molecular weight excluding hydrogens is 498 g/mol. The summed E-state index contributed by atoms with van der Waals surface area (Å²) in [6.45, 7) is 5.25. The average molecular weight is 527 g/mol. The molecule has 8 nitrogen and oxygen atoms in total. The van der Waals surface area contributed by atoms with E-state index in [1.54, 1.807) is 38.7 Å². The second kappa shape index (κ2) is 10.3. The van der Waals surface area contributed by atoms with Gasteiger partial charge in [-0.1, -0.05) is 23.9 Å². The lowest BCUT2D eigenvalue weighted by atomic mass is 9.95. The number of hydrogen-bond acceptors (Lipinski definition) is 7. The number of aryl methyl sites for hydroxylation is 1. The Bertz CT molecular complexity index is 1450. The fraction of sp³-hybridized carbons (Fsp3) is 0.308. The van der Waals surface area contributed by atoms with Crippen molar-refractivity contribution in [3.8, 4) is 11.1 Å². The van der Waals surface area contributed by atoms with E-state index in [0.717, 1.165) is 22.5 Å². The number of anilines is 1. The summed E-state index contributed by atoms with van der Waals surface area (Å²) in [5.74, 6) is -1.05. The molecule has 4 aromatic rings. The van der Waals surface area contributed by atoms with Gasteiger partial charge in [0.15, 0.2) is 11.0 Å². The first-order valence-corrected chi connectivity index (χ1v) is 12.7. The van der Waals surface area contributed by atoms with E-state index < -0.39 is 29.4 Å². The molecule has 0 bridgehead atoms. The first-order valence-electron chi connectivity index (χ1n) is 11.5. The molecule has 0 unspecified atom stereocenters. The number of carbonyl (C=O) groups is 1. The van der Waals surface area contributed by atoms with Gasteiger partial charge in [0.25, 0.3) is 0 Å². The van der Waals surface area contributed by atoms with Gasteiger partial charge in [0.2, 0.25) is 0 Å². The third-order valence-electron chi connectivity index (χ3n) is 5.55. The fourth-order valence-electron chi connectivity index (χ4n) is 4.16. The van der Waals surface area contributed by atoms with Crippen molar-refractivity contribution in [3.05, 3.63) is 65.5 Å². The van der Waals surface area contributed by atoms with Crippen LogP contribution in [0.4, 0.5) is 19.4 Å². The number of ether oxygens (including phenoxy) is 1. The number of thioether (sulfide) groups is 1. The van der Waals surface area contributed by atoms with Gasteiger partial charge in [-0.2, -0.15) is 5.10 Å². The molecule has 0 saturated heterocycles. The molecule has 1 atom stereocenters. The lowest BCUT2D eigenvalue weighted by Gasteiger charge is -2.25. The van der Waals surface area contributed by atoms with Crippen LogP contribution in [0.1, 0.15) is 38.1 Å². The van der Waals surface area contributed by atoms with Crippen LogP contribution in [0.2, 0.25) is 0 Å². The summed E-state index contributed by atoms with van der Waals surface area (Å²) in [4.78, 5) is 22.1. The molecule has 37 heavy (non-hydrogen) atoms. The molecule has 0 fully saturated rings. The van der Waals surface area contributed by atoms with Crippen molar-refractivity contribution >= 4 is 34.6 Å². The van der Waals surface area contributed by atoms with Crippen LogP contribution >= 0.6 is 11.8 Å². The van der Waals surface area contributed by atoms with Crippen molar-refractivity contribution in [2.75, 3.05) is 12.0 Å². The highest BCUT2D eigenvalue weighted by Crippen LogP contribution is 2.36. The van der Waals surface area contributed by atoms with Crippen molar-refractivity contribution in [3.63, 3.8) is 0 Å². The van der Waals surface area contributed by atoms with Crippen LogP contribution < -0.4 is 11.1 Å². The highest BCUT2D eigenvalue weighted by molar-refractivity contribution is 7.98. The Hall–Kier alpha value is -3.73. The van der Waals surface area contributed by atoms with Gasteiger partial charge in [0, 0.05) is 35.8 Å². The van der Waals surface area contributed by atoms with E-state index in [9.17, 15) is 13.6 Å². The number of para-hydroxylation sites is 1. The van der Waals surface area contributed by atoms with Gasteiger partial charge in [0.1, 0.15) is 17.2 Å². The quantitative estimate of drug-likeness (QED) is 0.255. The molecule has 0 aliphatic rings. The lowest BCUT2D eigenvalue weighted by molar-refractivity contribution is 0.0502. The smallest absolute Gasteiger partial charge is 0.408 e. The Balaban J connectivity index is 1.89. The standard InChI is InChI=1S/C26H28F2N6O2S/c1-26(2,3)36-25(35)31-20(11-14-9-15(27)12-16(28)10-14)21-19(13-30-24(32-21)37-5)17-7-6-8-18-22(17)34(4)33-23(18)29/h6-10,12-13,20H,11H2,1-5H3,(H2,29,33)(H,31,35)/t20-/m0/s1. The maximum Gasteiger partial charge on any atom is 0.408 e. The van der Waals surface area contributed by atoms with Gasteiger partial charge in [0.05, 0.1) is 17.3 Å². The summed E-state index contributed by atoms with van der Waals surface area (Å²) in [5.41, 5.74) is 8.28. The second-order valence-corrected chi connectivity index (χ2v) is 10.3. The SMILES string of the molecule is CSc1ncc(-c2cccc3c(N)nn(C)c23)c([C@H](Cc2cc(F)cc(F)c2)NC(=O)OC(C)(C)C)n1. The summed E-state index contributed by atoms with van der Waals surface area (Å²) in [6.07, 6.45) is 2.87. The first-order chi connectivity index (χ1) is 17.4. The van der Waals surface area contributed by atoms with Crippen LogP contribution in [0.15, 0.2) is 47.8 Å². The predicted octanol–water partition coefficient (Wildman–Crippen LogP) is 5.42. The summed E-state index contributed by atoms with van der Waals surface area (Å²) in [6, 6.07) is 8.05. The van der Waals surface area contributed by atoms with E-state index in [0.29, 0.717) is 27.8 Å². The number of fused-ring (bicyclic) bond motifs is 1. The molecule has 2 heterocycles. The summed E-state index contributed by atoms with van der Waals surface area (Å²) in [5, 5.41) is 8.41. The van der Waals surface area contributed by atoms with E-state index in [2.05, 4.69) is 15.4 Å². The molecule has 194 valence electrons. The van der Waals surface area contributed by atoms with Crippen LogP contribution in [0.3, 0.4) is 0 Å². The summed E-state index contributed by atoms with van der Waals surface area (Å²) in [7, 11) is 1.78. The maximum absolute atomic E-state index is 14.0. The molecule has 3 N–H and O–H groups in total. The Morgan fingerprint density at radius 3 is 2.54 bits per heavy atom. The lowest BCUT2D eigenvalue weighted by Crippen LogP contribution is -2.36. The summed E-state index contributed by atoms with van der Waals surface area (Å²) >= 11 is 1.33. The summed E-state index contributed by atoms with van der Waals surface area (Å²) < 4.78 is 35.3. The van der Waals surface area contributed by atoms with E-state index >= 15 is 0 Å². The van der Waals surface area contributed by atoms with Gasteiger partial charge in [-0.05, 0) is 57.2 Å². The molecular formula is C26H28F2N6O2S. The number of amides is 1. The van der Waals surface area contributed by atoms with E-state index in [-0.39, 0.29) is 6.42 Å². The average Bonchev–Trinajstić information content (AvgIpc) is 3.10.